The zero-order chi connectivity index (χ0) is 16.5. The van der Waals surface area contributed by atoms with Crippen molar-refractivity contribution in [2.75, 3.05) is 13.1 Å². The van der Waals surface area contributed by atoms with Crippen molar-refractivity contribution in [1.29, 1.82) is 0 Å². The second-order valence-corrected chi connectivity index (χ2v) is 7.10. The SMILES string of the molecule is Cc1cccc(-c2noc(C3CN(C(=O)C4CCCCC4)C3)n2)c1. The van der Waals surface area contributed by atoms with Crippen LogP contribution >= 0.6 is 0 Å². The molecule has 1 aliphatic carbocycles. The molecule has 1 saturated heterocycles. The van der Waals surface area contributed by atoms with Crippen molar-refractivity contribution < 1.29 is 9.32 Å². The van der Waals surface area contributed by atoms with Gasteiger partial charge >= 0.3 is 0 Å². The van der Waals surface area contributed by atoms with Crippen molar-refractivity contribution in [3.8, 4) is 11.4 Å². The van der Waals surface area contributed by atoms with Gasteiger partial charge in [-0.2, -0.15) is 4.98 Å². The molecule has 0 bridgehead atoms. The molecule has 1 aliphatic heterocycles. The van der Waals surface area contributed by atoms with Gasteiger partial charge in [-0.25, -0.2) is 0 Å². The van der Waals surface area contributed by atoms with Gasteiger partial charge in [-0.15, -0.1) is 0 Å². The molecule has 5 heteroatoms. The van der Waals surface area contributed by atoms with Crippen LogP contribution in [0.25, 0.3) is 11.4 Å². The van der Waals surface area contributed by atoms with Gasteiger partial charge < -0.3 is 9.42 Å². The summed E-state index contributed by atoms with van der Waals surface area (Å²) in [5.74, 6) is 2.03. The summed E-state index contributed by atoms with van der Waals surface area (Å²) in [7, 11) is 0. The summed E-state index contributed by atoms with van der Waals surface area (Å²) in [5, 5.41) is 4.10. The van der Waals surface area contributed by atoms with E-state index >= 15 is 0 Å². The van der Waals surface area contributed by atoms with Crippen molar-refractivity contribution in [2.45, 2.75) is 44.9 Å². The highest BCUT2D eigenvalue weighted by Gasteiger charge is 2.38. The molecule has 0 spiro atoms. The lowest BCUT2D eigenvalue weighted by atomic mass is 9.86. The number of carbonyl (C=O) groups excluding carboxylic acids is 1. The Bertz CT molecular complexity index is 728. The molecule has 126 valence electrons. The van der Waals surface area contributed by atoms with Gasteiger partial charge in [0.25, 0.3) is 0 Å². The number of likely N-dealkylation sites (tertiary alicyclic amines) is 1. The maximum absolute atomic E-state index is 12.5. The number of aromatic nitrogens is 2. The molecule has 2 heterocycles. The number of rotatable bonds is 3. The first-order chi connectivity index (χ1) is 11.7. The normalized spacial score (nSPS) is 19.3. The van der Waals surface area contributed by atoms with Crippen LogP contribution in [0.3, 0.4) is 0 Å². The van der Waals surface area contributed by atoms with Crippen LogP contribution in [0.1, 0.15) is 49.5 Å². The summed E-state index contributed by atoms with van der Waals surface area (Å²) in [6, 6.07) is 8.08. The smallest absolute Gasteiger partial charge is 0.233 e. The molecule has 0 unspecified atom stereocenters. The van der Waals surface area contributed by atoms with Gasteiger partial charge in [-0.05, 0) is 25.8 Å². The molecule has 24 heavy (non-hydrogen) atoms. The van der Waals surface area contributed by atoms with Gasteiger partial charge in [0, 0.05) is 24.6 Å². The van der Waals surface area contributed by atoms with Gasteiger partial charge in [-0.3, -0.25) is 4.79 Å². The fourth-order valence-electron chi connectivity index (χ4n) is 3.72. The summed E-state index contributed by atoms with van der Waals surface area (Å²) in [4.78, 5) is 19.0. The largest absolute Gasteiger partial charge is 0.341 e. The number of amides is 1. The van der Waals surface area contributed by atoms with Crippen LogP contribution in [0, 0.1) is 12.8 Å². The van der Waals surface area contributed by atoms with E-state index in [9.17, 15) is 4.79 Å². The molecule has 0 radical (unpaired) electrons. The number of carbonyl (C=O) groups is 1. The highest BCUT2D eigenvalue weighted by Crippen LogP contribution is 2.32. The van der Waals surface area contributed by atoms with E-state index in [2.05, 4.69) is 10.1 Å². The molecule has 2 aromatic rings. The lowest BCUT2D eigenvalue weighted by Gasteiger charge is -2.39. The quantitative estimate of drug-likeness (QED) is 0.866. The third-order valence-electron chi connectivity index (χ3n) is 5.21. The summed E-state index contributed by atoms with van der Waals surface area (Å²) in [6.45, 7) is 3.47. The van der Waals surface area contributed by atoms with Crippen molar-refractivity contribution in [3.63, 3.8) is 0 Å². The zero-order valence-electron chi connectivity index (χ0n) is 14.1. The lowest BCUT2D eigenvalue weighted by Crippen LogP contribution is -2.51. The molecule has 1 aromatic heterocycles. The van der Waals surface area contributed by atoms with E-state index in [1.54, 1.807) is 0 Å². The average Bonchev–Trinajstić information content (AvgIpc) is 3.04. The van der Waals surface area contributed by atoms with Gasteiger partial charge in [-0.1, -0.05) is 48.2 Å². The van der Waals surface area contributed by atoms with E-state index in [1.807, 2.05) is 36.1 Å². The van der Waals surface area contributed by atoms with Gasteiger partial charge in [0.2, 0.25) is 17.6 Å². The van der Waals surface area contributed by atoms with Gasteiger partial charge in [0.1, 0.15) is 0 Å². The van der Waals surface area contributed by atoms with Crippen molar-refractivity contribution in [2.24, 2.45) is 5.92 Å². The molecule has 4 rings (SSSR count). The molecule has 1 saturated carbocycles. The predicted octanol–water partition coefficient (Wildman–Crippen LogP) is 3.55. The van der Waals surface area contributed by atoms with E-state index in [1.165, 1.54) is 24.8 Å². The second-order valence-electron chi connectivity index (χ2n) is 7.10. The van der Waals surface area contributed by atoms with E-state index in [0.29, 0.717) is 30.7 Å². The fraction of sp³-hybridized carbons (Fsp3) is 0.526. The fourth-order valence-corrected chi connectivity index (χ4v) is 3.72. The number of hydrogen-bond acceptors (Lipinski definition) is 4. The Morgan fingerprint density at radius 2 is 2.00 bits per heavy atom. The monoisotopic (exact) mass is 325 g/mol. The first-order valence-electron chi connectivity index (χ1n) is 8.90. The predicted molar refractivity (Wildman–Crippen MR) is 90.4 cm³/mol. The summed E-state index contributed by atoms with van der Waals surface area (Å²) in [5.41, 5.74) is 2.14. The minimum absolute atomic E-state index is 0.184. The van der Waals surface area contributed by atoms with E-state index in [4.69, 9.17) is 4.52 Å². The van der Waals surface area contributed by atoms with Gasteiger partial charge in [0.15, 0.2) is 0 Å². The van der Waals surface area contributed by atoms with E-state index in [0.717, 1.165) is 18.4 Å². The number of aryl methyl sites for hydroxylation is 1. The zero-order valence-corrected chi connectivity index (χ0v) is 14.1. The van der Waals surface area contributed by atoms with Gasteiger partial charge in [0.05, 0.1) is 5.92 Å². The topological polar surface area (TPSA) is 59.2 Å². The molecule has 1 aromatic carbocycles. The third-order valence-corrected chi connectivity index (χ3v) is 5.21. The average molecular weight is 325 g/mol. The number of nitrogens with zero attached hydrogens (tertiary/aromatic N) is 3. The van der Waals surface area contributed by atoms with Crippen LogP contribution in [-0.4, -0.2) is 34.0 Å². The van der Waals surface area contributed by atoms with Crippen LogP contribution in [0.5, 0.6) is 0 Å². The lowest BCUT2D eigenvalue weighted by molar-refractivity contribution is -0.141. The van der Waals surface area contributed by atoms with Crippen LogP contribution in [0.15, 0.2) is 28.8 Å². The molecule has 1 amide bonds. The molecule has 0 atom stereocenters. The summed E-state index contributed by atoms with van der Waals surface area (Å²) < 4.78 is 5.44. The third kappa shape index (κ3) is 2.95. The number of hydrogen-bond donors (Lipinski definition) is 0. The summed E-state index contributed by atoms with van der Waals surface area (Å²) in [6.07, 6.45) is 5.76. The maximum atomic E-state index is 12.5. The summed E-state index contributed by atoms with van der Waals surface area (Å²) >= 11 is 0. The Kier molecular flexibility index (Phi) is 4.08. The standard InChI is InChI=1S/C19H23N3O2/c1-13-6-5-9-15(10-13)17-20-18(24-21-17)16-11-22(12-16)19(23)14-7-3-2-4-8-14/h5-6,9-10,14,16H,2-4,7-8,11-12H2,1H3. The van der Waals surface area contributed by atoms with Crippen LogP contribution in [0.4, 0.5) is 0 Å². The van der Waals surface area contributed by atoms with Crippen molar-refractivity contribution in [3.05, 3.63) is 35.7 Å². The maximum Gasteiger partial charge on any atom is 0.233 e. The van der Waals surface area contributed by atoms with Crippen LogP contribution < -0.4 is 0 Å². The number of benzene rings is 1. The highest BCUT2D eigenvalue weighted by molar-refractivity contribution is 5.80. The first kappa shape index (κ1) is 15.4. The van der Waals surface area contributed by atoms with Crippen LogP contribution in [0.2, 0.25) is 0 Å². The molecular weight excluding hydrogens is 302 g/mol. The molecular formula is C19H23N3O2. The Balaban J connectivity index is 1.38. The Morgan fingerprint density at radius 1 is 1.21 bits per heavy atom. The molecule has 0 N–H and O–H groups in total. The second kappa shape index (κ2) is 6.38. The molecule has 2 fully saturated rings. The Labute approximate surface area is 142 Å². The molecule has 2 aliphatic rings. The van der Waals surface area contributed by atoms with E-state index < -0.39 is 0 Å². The minimum atomic E-state index is 0.184. The van der Waals surface area contributed by atoms with Crippen LogP contribution in [-0.2, 0) is 4.79 Å². The Hall–Kier alpha value is -2.17. The highest BCUT2D eigenvalue weighted by atomic mass is 16.5. The first-order valence-corrected chi connectivity index (χ1v) is 8.90. The van der Waals surface area contributed by atoms with Crippen molar-refractivity contribution >= 4 is 5.91 Å². The minimum Gasteiger partial charge on any atom is -0.341 e. The van der Waals surface area contributed by atoms with E-state index in [-0.39, 0.29) is 11.8 Å². The Morgan fingerprint density at radius 3 is 2.75 bits per heavy atom. The van der Waals surface area contributed by atoms with Crippen molar-refractivity contribution in [1.82, 2.24) is 15.0 Å². The molecule has 5 nitrogen and oxygen atoms in total.